The van der Waals surface area contributed by atoms with Crippen LogP contribution in [0.4, 0.5) is 0 Å². The van der Waals surface area contributed by atoms with Crippen molar-refractivity contribution in [3.63, 3.8) is 0 Å². The average molecular weight is 345 g/mol. The molecule has 0 bridgehead atoms. The van der Waals surface area contributed by atoms with Crippen LogP contribution in [0.25, 0.3) is 0 Å². The minimum atomic E-state index is -3.92. The highest BCUT2D eigenvalue weighted by atomic mass is 32.2. The molecule has 0 spiro atoms. The zero-order valence-corrected chi connectivity index (χ0v) is 14.5. The van der Waals surface area contributed by atoms with Crippen molar-refractivity contribution >= 4 is 10.1 Å². The molecule has 5 heteroatoms. The normalized spacial score (nSPS) is 16.2. The van der Waals surface area contributed by atoms with E-state index in [-0.39, 0.29) is 11.3 Å². The van der Waals surface area contributed by atoms with E-state index in [1.165, 1.54) is 11.1 Å². The highest BCUT2D eigenvalue weighted by molar-refractivity contribution is 7.85. The molecule has 0 saturated heterocycles. The molecule has 0 heterocycles. The maximum atomic E-state index is 11.2. The fourth-order valence-corrected chi connectivity index (χ4v) is 3.82. The van der Waals surface area contributed by atoms with Crippen molar-refractivity contribution in [2.45, 2.75) is 37.9 Å². The number of hydrogen-bond acceptors (Lipinski definition) is 3. The third-order valence-corrected chi connectivity index (χ3v) is 5.48. The van der Waals surface area contributed by atoms with E-state index < -0.39 is 10.1 Å². The largest absolute Gasteiger partial charge is 0.289 e. The van der Waals surface area contributed by atoms with E-state index in [4.69, 9.17) is 4.55 Å². The maximum absolute atomic E-state index is 11.2. The zero-order chi connectivity index (χ0) is 17.0. The molecular formula is C19H23NO3S. The number of hydrogen-bond donors (Lipinski definition) is 1. The lowest BCUT2D eigenvalue weighted by Gasteiger charge is -2.32. The van der Waals surface area contributed by atoms with Crippen molar-refractivity contribution in [1.82, 2.24) is 4.90 Å². The molecule has 3 rings (SSSR count). The molecule has 2 aromatic carbocycles. The molecular weight excluding hydrogens is 322 g/mol. The standard InChI is InChI=1S/C19H23NO3S/c21-24(22,23)14-13-19(11-12-19)20(15-17-7-3-1-4-8-17)16-18-9-5-2-6-10-18/h1-10H,11-16H2,(H,21,22,23). The highest BCUT2D eigenvalue weighted by Gasteiger charge is 2.47. The number of nitrogens with zero attached hydrogens (tertiary/aromatic N) is 1. The first-order valence-corrected chi connectivity index (χ1v) is 9.86. The Hall–Kier alpha value is -1.69. The van der Waals surface area contributed by atoms with Crippen LogP contribution >= 0.6 is 0 Å². The van der Waals surface area contributed by atoms with Crippen LogP contribution in [0.3, 0.4) is 0 Å². The molecule has 0 aliphatic heterocycles. The van der Waals surface area contributed by atoms with Crippen LogP contribution in [0, 0.1) is 0 Å². The SMILES string of the molecule is O=S(=O)(O)CCC1(N(Cc2ccccc2)Cc2ccccc2)CC1. The number of benzene rings is 2. The smallest absolute Gasteiger partial charge is 0.264 e. The number of rotatable bonds is 8. The summed E-state index contributed by atoms with van der Waals surface area (Å²) in [7, 11) is -3.92. The molecule has 0 radical (unpaired) electrons. The van der Waals surface area contributed by atoms with Crippen molar-refractivity contribution in [3.05, 3.63) is 71.8 Å². The Morgan fingerprint density at radius 3 is 1.71 bits per heavy atom. The van der Waals surface area contributed by atoms with Gasteiger partial charge < -0.3 is 0 Å². The fraction of sp³-hybridized carbons (Fsp3) is 0.368. The third kappa shape index (κ3) is 4.66. The Labute approximate surface area is 143 Å². The van der Waals surface area contributed by atoms with Gasteiger partial charge in [-0.3, -0.25) is 9.45 Å². The van der Waals surface area contributed by atoms with Crippen LogP contribution < -0.4 is 0 Å². The summed E-state index contributed by atoms with van der Waals surface area (Å²) >= 11 is 0. The van der Waals surface area contributed by atoms with E-state index in [0.717, 1.165) is 25.9 Å². The Kier molecular flexibility index (Phi) is 5.04. The first kappa shape index (κ1) is 17.1. The lowest BCUT2D eigenvalue weighted by molar-refractivity contribution is 0.153. The van der Waals surface area contributed by atoms with Crippen LogP contribution in [0.2, 0.25) is 0 Å². The van der Waals surface area contributed by atoms with Gasteiger partial charge >= 0.3 is 0 Å². The van der Waals surface area contributed by atoms with Gasteiger partial charge in [0.1, 0.15) is 0 Å². The van der Waals surface area contributed by atoms with Gasteiger partial charge in [-0.05, 0) is 30.4 Å². The summed E-state index contributed by atoms with van der Waals surface area (Å²) in [5, 5.41) is 0. The average Bonchev–Trinajstić information content (AvgIpc) is 3.35. The first-order chi connectivity index (χ1) is 11.5. The molecule has 128 valence electrons. The van der Waals surface area contributed by atoms with Crippen molar-refractivity contribution in [1.29, 1.82) is 0 Å². The van der Waals surface area contributed by atoms with Gasteiger partial charge in [0.25, 0.3) is 10.1 Å². The van der Waals surface area contributed by atoms with Gasteiger partial charge in [-0.25, -0.2) is 0 Å². The second-order valence-electron chi connectivity index (χ2n) is 6.59. The molecule has 4 nitrogen and oxygen atoms in total. The molecule has 1 fully saturated rings. The summed E-state index contributed by atoms with van der Waals surface area (Å²) in [6, 6.07) is 20.5. The molecule has 1 N–H and O–H groups in total. The summed E-state index contributed by atoms with van der Waals surface area (Å²) in [6.45, 7) is 1.56. The quantitative estimate of drug-likeness (QED) is 0.744. The van der Waals surface area contributed by atoms with E-state index in [0.29, 0.717) is 6.42 Å². The van der Waals surface area contributed by atoms with Gasteiger partial charge in [0.15, 0.2) is 0 Å². The zero-order valence-electron chi connectivity index (χ0n) is 13.6. The second kappa shape index (κ2) is 7.05. The lowest BCUT2D eigenvalue weighted by Crippen LogP contribution is -2.37. The van der Waals surface area contributed by atoms with E-state index in [1.54, 1.807) is 0 Å². The van der Waals surface area contributed by atoms with Crippen LogP contribution in [0.1, 0.15) is 30.4 Å². The first-order valence-electron chi connectivity index (χ1n) is 8.25. The summed E-state index contributed by atoms with van der Waals surface area (Å²) < 4.78 is 31.5. The molecule has 1 aliphatic carbocycles. The van der Waals surface area contributed by atoms with E-state index in [2.05, 4.69) is 29.2 Å². The van der Waals surface area contributed by atoms with Crippen LogP contribution in [0.5, 0.6) is 0 Å². The summed E-state index contributed by atoms with van der Waals surface area (Å²) in [5.41, 5.74) is 2.31. The monoisotopic (exact) mass is 345 g/mol. The Morgan fingerprint density at radius 2 is 1.33 bits per heavy atom. The van der Waals surface area contributed by atoms with Gasteiger partial charge in [-0.1, -0.05) is 60.7 Å². The van der Waals surface area contributed by atoms with Crippen molar-refractivity contribution < 1.29 is 13.0 Å². The highest BCUT2D eigenvalue weighted by Crippen LogP contribution is 2.46. The van der Waals surface area contributed by atoms with E-state index in [9.17, 15) is 8.42 Å². The van der Waals surface area contributed by atoms with Crippen LogP contribution in [-0.4, -0.2) is 29.2 Å². The van der Waals surface area contributed by atoms with Crippen LogP contribution in [-0.2, 0) is 23.2 Å². The predicted octanol–water partition coefficient (Wildman–Crippen LogP) is 3.50. The molecule has 1 aliphatic rings. The molecule has 1 saturated carbocycles. The van der Waals surface area contributed by atoms with Crippen molar-refractivity contribution in [2.75, 3.05) is 5.75 Å². The van der Waals surface area contributed by atoms with Gasteiger partial charge in [0, 0.05) is 18.6 Å². The third-order valence-electron chi connectivity index (χ3n) is 4.76. The van der Waals surface area contributed by atoms with Crippen molar-refractivity contribution in [2.24, 2.45) is 0 Å². The predicted molar refractivity (Wildman–Crippen MR) is 95.1 cm³/mol. The Balaban J connectivity index is 1.79. The minimum absolute atomic E-state index is 0.124. The Bertz CT molecular complexity index is 714. The molecule has 0 aromatic heterocycles. The second-order valence-corrected chi connectivity index (χ2v) is 8.16. The molecule has 2 aromatic rings. The fourth-order valence-electron chi connectivity index (χ4n) is 3.19. The van der Waals surface area contributed by atoms with E-state index in [1.807, 2.05) is 36.4 Å². The van der Waals surface area contributed by atoms with Crippen molar-refractivity contribution in [3.8, 4) is 0 Å². The van der Waals surface area contributed by atoms with Gasteiger partial charge in [0.05, 0.1) is 5.75 Å². The molecule has 24 heavy (non-hydrogen) atoms. The maximum Gasteiger partial charge on any atom is 0.264 e. The van der Waals surface area contributed by atoms with Crippen LogP contribution in [0.15, 0.2) is 60.7 Å². The minimum Gasteiger partial charge on any atom is -0.289 e. The summed E-state index contributed by atoms with van der Waals surface area (Å²) in [5.74, 6) is -0.174. The topological polar surface area (TPSA) is 57.6 Å². The summed E-state index contributed by atoms with van der Waals surface area (Å²) in [4.78, 5) is 2.36. The van der Waals surface area contributed by atoms with Gasteiger partial charge in [-0.2, -0.15) is 8.42 Å². The van der Waals surface area contributed by atoms with Gasteiger partial charge in [-0.15, -0.1) is 0 Å². The molecule has 0 unspecified atom stereocenters. The summed E-state index contributed by atoms with van der Waals surface area (Å²) in [6.07, 6.45) is 2.43. The van der Waals surface area contributed by atoms with Gasteiger partial charge in [0.2, 0.25) is 0 Å². The van der Waals surface area contributed by atoms with E-state index >= 15 is 0 Å². The molecule has 0 atom stereocenters. The molecule has 0 amide bonds. The lowest BCUT2D eigenvalue weighted by atomic mass is 10.1. The Morgan fingerprint density at radius 1 is 0.875 bits per heavy atom.